The summed E-state index contributed by atoms with van der Waals surface area (Å²) in [5, 5.41) is 0. The van der Waals surface area contributed by atoms with Gasteiger partial charge in [0.2, 0.25) is 0 Å². The molecular weight excluding hydrogens is 180 g/mol. The lowest BCUT2D eigenvalue weighted by molar-refractivity contribution is -0.117. The number of rotatable bonds is 4. The molecule has 0 aromatic heterocycles. The van der Waals surface area contributed by atoms with Crippen molar-refractivity contribution < 1.29 is 9.22 Å². The van der Waals surface area contributed by atoms with Gasteiger partial charge in [-0.3, -0.25) is 0 Å². The van der Waals surface area contributed by atoms with Crippen molar-refractivity contribution in [1.82, 2.24) is 0 Å². The summed E-state index contributed by atoms with van der Waals surface area (Å²) in [6.45, 7) is 12.7. The highest BCUT2D eigenvalue weighted by Crippen LogP contribution is 2.29. The Morgan fingerprint density at radius 3 is 2.00 bits per heavy atom. The van der Waals surface area contributed by atoms with Gasteiger partial charge >= 0.3 is 0 Å². The van der Waals surface area contributed by atoms with E-state index in [-0.39, 0.29) is 17.4 Å². The Hall–Kier alpha value is -0.153. The van der Waals surface area contributed by atoms with Gasteiger partial charge in [-0.05, 0) is 24.4 Å². The Labute approximate surface area is 83.4 Å². The van der Waals surface area contributed by atoms with E-state index in [9.17, 15) is 4.79 Å². The molecule has 3 heteroatoms. The molecule has 2 nitrogen and oxygen atoms in total. The minimum atomic E-state index is -1.11. The van der Waals surface area contributed by atoms with E-state index in [0.717, 1.165) is 6.29 Å². The quantitative estimate of drug-likeness (QED) is 0.516. The molecular formula is C10H22O2Si. The van der Waals surface area contributed by atoms with Crippen LogP contribution in [0.15, 0.2) is 0 Å². The molecule has 13 heavy (non-hydrogen) atoms. The van der Waals surface area contributed by atoms with Gasteiger partial charge in [0.25, 0.3) is 0 Å². The molecule has 0 saturated heterocycles. The van der Waals surface area contributed by atoms with Gasteiger partial charge < -0.3 is 9.22 Å². The van der Waals surface area contributed by atoms with Crippen LogP contribution < -0.4 is 0 Å². The molecule has 0 N–H and O–H groups in total. The lowest BCUT2D eigenvalue weighted by Gasteiger charge is -2.32. The van der Waals surface area contributed by atoms with Gasteiger partial charge in [-0.1, -0.05) is 27.7 Å². The fourth-order valence-corrected chi connectivity index (χ4v) is 2.00. The van der Waals surface area contributed by atoms with E-state index in [4.69, 9.17) is 4.43 Å². The monoisotopic (exact) mass is 202 g/mol. The SMILES string of the molecule is CC([C@@H](C=O)O[SiH](C)C)C(C)(C)C. The number of hydrogen-bond acceptors (Lipinski definition) is 2. The second-order valence-corrected chi connectivity index (χ2v) is 7.31. The second kappa shape index (κ2) is 4.91. The largest absolute Gasteiger partial charge is 0.411 e. The molecule has 0 heterocycles. The van der Waals surface area contributed by atoms with Crippen molar-refractivity contribution in [2.75, 3.05) is 0 Å². The first kappa shape index (κ1) is 12.8. The highest BCUT2D eigenvalue weighted by molar-refractivity contribution is 6.48. The van der Waals surface area contributed by atoms with Gasteiger partial charge in [0.1, 0.15) is 12.4 Å². The summed E-state index contributed by atoms with van der Waals surface area (Å²) in [6, 6.07) is 0. The summed E-state index contributed by atoms with van der Waals surface area (Å²) in [7, 11) is -1.11. The Bertz CT molecular complexity index is 161. The van der Waals surface area contributed by atoms with E-state index in [1.54, 1.807) is 0 Å². The van der Waals surface area contributed by atoms with Crippen LogP contribution in [0.1, 0.15) is 27.7 Å². The standard InChI is InChI=1S/C10H22O2Si/c1-8(10(2,3)4)9(7-11)12-13(5)6/h7-9,13H,1-6H3/t8?,9-/m1/s1. The van der Waals surface area contributed by atoms with Crippen LogP contribution in [0.25, 0.3) is 0 Å². The Balaban J connectivity index is 4.32. The first-order valence-corrected chi connectivity index (χ1v) is 7.68. The minimum Gasteiger partial charge on any atom is -0.411 e. The Morgan fingerprint density at radius 2 is 1.77 bits per heavy atom. The fraction of sp³-hybridized carbons (Fsp3) is 0.900. The molecule has 0 aliphatic heterocycles. The molecule has 0 amide bonds. The van der Waals surface area contributed by atoms with Crippen molar-refractivity contribution in [3.63, 3.8) is 0 Å². The summed E-state index contributed by atoms with van der Waals surface area (Å²) >= 11 is 0. The first-order valence-electron chi connectivity index (χ1n) is 4.89. The molecule has 0 spiro atoms. The van der Waals surface area contributed by atoms with E-state index in [1.165, 1.54) is 0 Å². The van der Waals surface area contributed by atoms with Crippen LogP contribution in [0.5, 0.6) is 0 Å². The maximum atomic E-state index is 10.8. The molecule has 0 saturated carbocycles. The van der Waals surface area contributed by atoms with Gasteiger partial charge in [0, 0.05) is 0 Å². The molecule has 0 bridgehead atoms. The molecule has 0 rings (SSSR count). The third-order valence-electron chi connectivity index (χ3n) is 2.42. The minimum absolute atomic E-state index is 0.134. The van der Waals surface area contributed by atoms with Crippen molar-refractivity contribution in [1.29, 1.82) is 0 Å². The molecule has 0 aliphatic carbocycles. The molecule has 0 fully saturated rings. The average Bonchev–Trinajstić information content (AvgIpc) is 1.96. The average molecular weight is 202 g/mol. The maximum Gasteiger partial charge on any atom is 0.171 e. The van der Waals surface area contributed by atoms with E-state index < -0.39 is 9.04 Å². The van der Waals surface area contributed by atoms with Crippen molar-refractivity contribution in [3.05, 3.63) is 0 Å². The van der Waals surface area contributed by atoms with Gasteiger partial charge in [-0.2, -0.15) is 0 Å². The number of carbonyl (C=O) groups excluding carboxylic acids is 1. The number of hydrogen-bond donors (Lipinski definition) is 0. The highest BCUT2D eigenvalue weighted by atomic mass is 28.3. The Kier molecular flexibility index (Phi) is 4.85. The zero-order chi connectivity index (χ0) is 10.6. The van der Waals surface area contributed by atoms with Crippen LogP contribution >= 0.6 is 0 Å². The molecule has 0 aromatic carbocycles. The van der Waals surface area contributed by atoms with E-state index >= 15 is 0 Å². The second-order valence-electron chi connectivity index (χ2n) is 4.94. The summed E-state index contributed by atoms with van der Waals surface area (Å²) in [5.74, 6) is 0.278. The molecule has 78 valence electrons. The maximum absolute atomic E-state index is 10.8. The zero-order valence-corrected chi connectivity index (χ0v) is 10.8. The fourth-order valence-electron chi connectivity index (χ4n) is 1.07. The molecule has 1 unspecified atom stereocenters. The van der Waals surface area contributed by atoms with E-state index in [1.807, 2.05) is 0 Å². The van der Waals surface area contributed by atoms with E-state index in [2.05, 4.69) is 40.8 Å². The van der Waals surface area contributed by atoms with Crippen molar-refractivity contribution >= 4 is 15.3 Å². The lowest BCUT2D eigenvalue weighted by atomic mass is 9.79. The van der Waals surface area contributed by atoms with E-state index in [0.29, 0.717) is 0 Å². The van der Waals surface area contributed by atoms with Crippen LogP contribution in [0, 0.1) is 11.3 Å². The highest BCUT2D eigenvalue weighted by Gasteiger charge is 2.28. The predicted molar refractivity (Wildman–Crippen MR) is 58.4 cm³/mol. The predicted octanol–water partition coefficient (Wildman–Crippen LogP) is 2.24. The lowest BCUT2D eigenvalue weighted by Crippen LogP contribution is -2.35. The third-order valence-corrected chi connectivity index (χ3v) is 3.28. The summed E-state index contributed by atoms with van der Waals surface area (Å²) in [5.41, 5.74) is 0.134. The van der Waals surface area contributed by atoms with Gasteiger partial charge in [-0.25, -0.2) is 0 Å². The molecule has 0 radical (unpaired) electrons. The smallest absolute Gasteiger partial charge is 0.171 e. The van der Waals surface area contributed by atoms with Crippen LogP contribution in [0.2, 0.25) is 13.1 Å². The van der Waals surface area contributed by atoms with Crippen LogP contribution in [-0.4, -0.2) is 21.4 Å². The summed E-state index contributed by atoms with van der Waals surface area (Å²) < 4.78 is 5.66. The third kappa shape index (κ3) is 4.57. The number of aldehydes is 1. The number of carbonyl (C=O) groups is 1. The molecule has 0 aliphatic rings. The first-order chi connectivity index (χ1) is 5.79. The van der Waals surface area contributed by atoms with Gasteiger partial charge in [-0.15, -0.1) is 0 Å². The van der Waals surface area contributed by atoms with Crippen molar-refractivity contribution in [3.8, 4) is 0 Å². The van der Waals surface area contributed by atoms with Crippen LogP contribution in [0.3, 0.4) is 0 Å². The summed E-state index contributed by atoms with van der Waals surface area (Å²) in [6.07, 6.45) is 0.731. The molecule has 0 aromatic rings. The zero-order valence-electron chi connectivity index (χ0n) is 9.63. The van der Waals surface area contributed by atoms with Crippen molar-refractivity contribution in [2.45, 2.75) is 46.9 Å². The van der Waals surface area contributed by atoms with Gasteiger partial charge in [0.15, 0.2) is 9.04 Å². The van der Waals surface area contributed by atoms with Crippen LogP contribution in [-0.2, 0) is 9.22 Å². The normalized spacial score (nSPS) is 17.2. The molecule has 2 atom stereocenters. The Morgan fingerprint density at radius 1 is 1.31 bits per heavy atom. The topological polar surface area (TPSA) is 26.3 Å². The van der Waals surface area contributed by atoms with Gasteiger partial charge in [0.05, 0.1) is 0 Å². The van der Waals surface area contributed by atoms with Crippen molar-refractivity contribution in [2.24, 2.45) is 11.3 Å². The van der Waals surface area contributed by atoms with Crippen LogP contribution in [0.4, 0.5) is 0 Å². The summed E-state index contributed by atoms with van der Waals surface area (Å²) in [4.78, 5) is 10.8.